The van der Waals surface area contributed by atoms with Crippen LogP contribution in [0.5, 0.6) is 11.6 Å². The maximum atomic E-state index is 5.77. The second-order valence-electron chi connectivity index (χ2n) is 4.23. The second-order valence-corrected chi connectivity index (χ2v) is 5.08. The minimum absolute atomic E-state index is 0.598. The number of hydrogen-bond acceptors (Lipinski definition) is 2. The Labute approximate surface area is 110 Å². The van der Waals surface area contributed by atoms with E-state index < -0.39 is 0 Å². The molecule has 2 rings (SSSR count). The molecule has 0 saturated carbocycles. The minimum Gasteiger partial charge on any atom is -0.438 e. The first kappa shape index (κ1) is 12.1. The number of aromatic nitrogens is 1. The van der Waals surface area contributed by atoms with Crippen LogP contribution in [-0.4, -0.2) is 4.98 Å². The quantitative estimate of drug-likeness (QED) is 0.809. The highest BCUT2D eigenvalue weighted by Crippen LogP contribution is 2.28. The highest BCUT2D eigenvalue weighted by atomic mass is 79.9. The molecule has 0 spiro atoms. The van der Waals surface area contributed by atoms with Crippen molar-refractivity contribution in [3.63, 3.8) is 0 Å². The number of benzene rings is 1. The van der Waals surface area contributed by atoms with Gasteiger partial charge in [0.1, 0.15) is 5.75 Å². The average Bonchev–Trinajstić information content (AvgIpc) is 2.21. The molecule has 0 bridgehead atoms. The van der Waals surface area contributed by atoms with Gasteiger partial charge < -0.3 is 4.74 Å². The molecule has 1 heterocycles. The molecule has 1 aromatic heterocycles. The Bertz CT molecular complexity index is 532. The van der Waals surface area contributed by atoms with Crippen molar-refractivity contribution in [2.45, 2.75) is 20.8 Å². The zero-order chi connectivity index (χ0) is 12.4. The Morgan fingerprint density at radius 3 is 2.18 bits per heavy atom. The molecule has 0 amide bonds. The van der Waals surface area contributed by atoms with Gasteiger partial charge in [0.15, 0.2) is 0 Å². The van der Waals surface area contributed by atoms with Gasteiger partial charge in [0.2, 0.25) is 5.88 Å². The number of pyridine rings is 1. The average molecular weight is 292 g/mol. The number of ether oxygens (including phenoxy) is 1. The second kappa shape index (κ2) is 4.88. The van der Waals surface area contributed by atoms with Crippen LogP contribution >= 0.6 is 15.9 Å². The third-order valence-corrected chi connectivity index (χ3v) is 2.92. The van der Waals surface area contributed by atoms with Gasteiger partial charge in [0.05, 0.1) is 4.47 Å². The van der Waals surface area contributed by atoms with Crippen molar-refractivity contribution in [2.24, 2.45) is 0 Å². The molecular weight excluding hydrogens is 278 g/mol. The third kappa shape index (κ3) is 3.07. The van der Waals surface area contributed by atoms with Crippen LogP contribution in [0.4, 0.5) is 0 Å². The summed E-state index contributed by atoms with van der Waals surface area (Å²) >= 11 is 3.45. The van der Waals surface area contributed by atoms with Gasteiger partial charge in [0.25, 0.3) is 0 Å². The van der Waals surface area contributed by atoms with Crippen LogP contribution < -0.4 is 4.74 Å². The molecular formula is C14H14BrNO. The van der Waals surface area contributed by atoms with E-state index in [0.717, 1.165) is 15.8 Å². The van der Waals surface area contributed by atoms with Crippen molar-refractivity contribution < 1.29 is 4.74 Å². The Balaban J connectivity index is 2.31. The van der Waals surface area contributed by atoms with Gasteiger partial charge in [-0.1, -0.05) is 6.07 Å². The molecule has 17 heavy (non-hydrogen) atoms. The first-order chi connectivity index (χ1) is 8.04. The largest absolute Gasteiger partial charge is 0.438 e. The smallest absolute Gasteiger partial charge is 0.233 e. The van der Waals surface area contributed by atoms with Crippen LogP contribution in [0.3, 0.4) is 0 Å². The van der Waals surface area contributed by atoms with Crippen LogP contribution in [0.25, 0.3) is 0 Å². The van der Waals surface area contributed by atoms with Crippen molar-refractivity contribution in [3.05, 3.63) is 51.6 Å². The first-order valence-corrected chi connectivity index (χ1v) is 6.22. The van der Waals surface area contributed by atoms with Crippen LogP contribution in [0.1, 0.15) is 16.7 Å². The van der Waals surface area contributed by atoms with E-state index in [1.165, 1.54) is 11.1 Å². The number of halogens is 1. The molecule has 2 nitrogen and oxygen atoms in total. The summed E-state index contributed by atoms with van der Waals surface area (Å²) in [5.74, 6) is 1.42. The van der Waals surface area contributed by atoms with Gasteiger partial charge in [0, 0.05) is 6.20 Å². The molecule has 0 radical (unpaired) electrons. The Hall–Kier alpha value is -1.35. The fourth-order valence-corrected chi connectivity index (χ4v) is 2.24. The zero-order valence-corrected chi connectivity index (χ0v) is 11.7. The Morgan fingerprint density at radius 1 is 0.941 bits per heavy atom. The highest BCUT2D eigenvalue weighted by molar-refractivity contribution is 9.10. The van der Waals surface area contributed by atoms with Gasteiger partial charge in [-0.15, -0.1) is 0 Å². The molecule has 1 aromatic carbocycles. The van der Waals surface area contributed by atoms with Gasteiger partial charge >= 0.3 is 0 Å². The fourth-order valence-electron chi connectivity index (χ4n) is 1.70. The third-order valence-electron chi connectivity index (χ3n) is 2.35. The Kier molecular flexibility index (Phi) is 3.48. The summed E-state index contributed by atoms with van der Waals surface area (Å²) in [6.45, 7) is 6.10. The van der Waals surface area contributed by atoms with E-state index in [4.69, 9.17) is 4.74 Å². The van der Waals surface area contributed by atoms with E-state index >= 15 is 0 Å². The maximum Gasteiger partial charge on any atom is 0.233 e. The predicted molar refractivity (Wildman–Crippen MR) is 72.7 cm³/mol. The van der Waals surface area contributed by atoms with Crippen molar-refractivity contribution >= 4 is 15.9 Å². The van der Waals surface area contributed by atoms with E-state index in [-0.39, 0.29) is 0 Å². The molecule has 0 unspecified atom stereocenters. The summed E-state index contributed by atoms with van der Waals surface area (Å²) in [6.07, 6.45) is 1.79. The van der Waals surface area contributed by atoms with Gasteiger partial charge in [-0.25, -0.2) is 4.98 Å². The Morgan fingerprint density at radius 2 is 1.59 bits per heavy atom. The normalized spacial score (nSPS) is 10.4. The summed E-state index contributed by atoms with van der Waals surface area (Å²) < 4.78 is 6.64. The monoisotopic (exact) mass is 291 g/mol. The van der Waals surface area contributed by atoms with Gasteiger partial charge in [-0.2, -0.15) is 0 Å². The minimum atomic E-state index is 0.598. The van der Waals surface area contributed by atoms with Gasteiger partial charge in [-0.3, -0.25) is 0 Å². The van der Waals surface area contributed by atoms with Crippen LogP contribution in [-0.2, 0) is 0 Å². The van der Waals surface area contributed by atoms with E-state index in [2.05, 4.69) is 40.8 Å². The lowest BCUT2D eigenvalue weighted by molar-refractivity contribution is 0.458. The fraction of sp³-hybridized carbons (Fsp3) is 0.214. The molecule has 0 N–H and O–H groups in total. The molecule has 2 aromatic rings. The SMILES string of the molecule is Cc1cc(C)cc(Oc2ncc(C)cc2Br)c1. The van der Waals surface area contributed by atoms with Crippen molar-refractivity contribution in [2.75, 3.05) is 0 Å². The standard InChI is InChI=1S/C14H14BrNO/c1-9-4-10(2)6-12(5-9)17-14-13(15)7-11(3)8-16-14/h4-8H,1-3H3. The first-order valence-electron chi connectivity index (χ1n) is 5.43. The molecule has 0 fully saturated rings. The predicted octanol–water partition coefficient (Wildman–Crippen LogP) is 4.56. The van der Waals surface area contributed by atoms with E-state index in [0.29, 0.717) is 5.88 Å². The molecule has 0 saturated heterocycles. The van der Waals surface area contributed by atoms with Crippen molar-refractivity contribution in [1.82, 2.24) is 4.98 Å². The molecule has 88 valence electrons. The lowest BCUT2D eigenvalue weighted by atomic mass is 10.1. The van der Waals surface area contributed by atoms with E-state index in [9.17, 15) is 0 Å². The number of aryl methyl sites for hydroxylation is 3. The number of nitrogens with zero attached hydrogens (tertiary/aromatic N) is 1. The molecule has 0 aliphatic rings. The van der Waals surface area contributed by atoms with Crippen molar-refractivity contribution in [3.8, 4) is 11.6 Å². The van der Waals surface area contributed by atoms with Crippen LogP contribution in [0.15, 0.2) is 34.9 Å². The summed E-state index contributed by atoms with van der Waals surface area (Å²) in [4.78, 5) is 4.26. The number of hydrogen-bond donors (Lipinski definition) is 0. The maximum absolute atomic E-state index is 5.77. The topological polar surface area (TPSA) is 22.1 Å². The molecule has 0 atom stereocenters. The van der Waals surface area contributed by atoms with Crippen LogP contribution in [0.2, 0.25) is 0 Å². The van der Waals surface area contributed by atoms with Crippen LogP contribution in [0, 0.1) is 20.8 Å². The van der Waals surface area contributed by atoms with Crippen molar-refractivity contribution in [1.29, 1.82) is 0 Å². The van der Waals surface area contributed by atoms with E-state index in [1.807, 2.05) is 25.1 Å². The molecule has 0 aliphatic carbocycles. The zero-order valence-electron chi connectivity index (χ0n) is 10.1. The van der Waals surface area contributed by atoms with Gasteiger partial charge in [-0.05, 0) is 71.6 Å². The summed E-state index contributed by atoms with van der Waals surface area (Å²) in [5, 5.41) is 0. The highest BCUT2D eigenvalue weighted by Gasteiger charge is 2.05. The lowest BCUT2D eigenvalue weighted by Crippen LogP contribution is -1.91. The number of rotatable bonds is 2. The summed E-state index contributed by atoms with van der Waals surface area (Å²) in [7, 11) is 0. The molecule has 3 heteroatoms. The van der Waals surface area contributed by atoms with E-state index in [1.54, 1.807) is 6.20 Å². The summed E-state index contributed by atoms with van der Waals surface area (Å²) in [5.41, 5.74) is 3.47. The lowest BCUT2D eigenvalue weighted by Gasteiger charge is -2.08. The summed E-state index contributed by atoms with van der Waals surface area (Å²) in [6, 6.07) is 8.11. The molecule has 0 aliphatic heterocycles.